The third kappa shape index (κ3) is 10.1. The molecule has 0 atom stereocenters. The molecule has 0 aromatic rings. The first kappa shape index (κ1) is 11.8. The fraction of sp³-hybridized carbons (Fsp3) is 0. The Labute approximate surface area is 90.9 Å². The monoisotopic (exact) mass is 178 g/mol. The van der Waals surface area contributed by atoms with Crippen LogP contribution < -0.4 is 0 Å². The van der Waals surface area contributed by atoms with Gasteiger partial charge in [-0.2, -0.15) is 0 Å². The van der Waals surface area contributed by atoms with Gasteiger partial charge in [-0.3, -0.25) is 8.92 Å². The Morgan fingerprint density at radius 1 is 1.12 bits per heavy atom. The summed E-state index contributed by atoms with van der Waals surface area (Å²) in [5, 5.41) is 0. The Morgan fingerprint density at radius 3 is 1.38 bits per heavy atom. The zero-order valence-corrected chi connectivity index (χ0v) is 5.12. The van der Waals surface area contributed by atoms with Gasteiger partial charge in [-0.05, 0) is 0 Å². The van der Waals surface area contributed by atoms with E-state index in [4.69, 9.17) is 9.59 Å². The average Bonchev–Trinajstić information content (AvgIpc) is 1.27. The summed E-state index contributed by atoms with van der Waals surface area (Å²) in [6, 6.07) is 0. The molecule has 0 aliphatic rings. The first-order chi connectivity index (χ1) is 3.13. The van der Waals surface area contributed by atoms with Gasteiger partial charge in [-0.15, -0.1) is 0 Å². The predicted octanol–water partition coefficient (Wildman–Crippen LogP) is -2.83. The van der Waals surface area contributed by atoms with Crippen LogP contribution >= 0.6 is 0 Å². The van der Waals surface area contributed by atoms with Crippen LogP contribution in [0, 0.1) is 0 Å². The molecule has 0 radical (unpaired) electrons. The molecule has 0 bridgehead atoms. The van der Waals surface area contributed by atoms with E-state index in [1.54, 1.807) is 0 Å². The summed E-state index contributed by atoms with van der Waals surface area (Å²) in [5.41, 5.74) is 0. The second-order valence-electron chi connectivity index (χ2n) is 0.634. The van der Waals surface area contributed by atoms with E-state index in [2.05, 4.69) is 4.12 Å². The Hall–Kier alpha value is 1.07. The molecule has 0 unspecified atom stereocenters. The fourth-order valence-corrected chi connectivity index (χ4v) is 0.672. The Morgan fingerprint density at radius 2 is 1.38 bits per heavy atom. The Balaban J connectivity index is 0. The summed E-state index contributed by atoms with van der Waals surface area (Å²) >= 11 is 0. The molecule has 0 aromatic carbocycles. The van der Waals surface area contributed by atoms with Crippen molar-refractivity contribution in [2.75, 3.05) is 0 Å². The molecule has 0 fully saturated rings. The van der Waals surface area contributed by atoms with Crippen molar-refractivity contribution in [1.82, 2.24) is 0 Å². The summed E-state index contributed by atoms with van der Waals surface area (Å²) in [7, 11) is -6.40. The maximum atomic E-state index is 9.44. The third-order valence-corrected chi connectivity index (χ3v) is 1.57. The summed E-state index contributed by atoms with van der Waals surface area (Å²) in [4.78, 5) is 15.4. The SMILES string of the molecule is O=[Si](O)O[Si](=O)O.[KH]. The van der Waals surface area contributed by atoms with Crippen LogP contribution in [-0.2, 0) is 13.0 Å². The van der Waals surface area contributed by atoms with E-state index in [-0.39, 0.29) is 51.4 Å². The van der Waals surface area contributed by atoms with E-state index in [0.29, 0.717) is 0 Å². The van der Waals surface area contributed by atoms with E-state index < -0.39 is 18.3 Å². The van der Waals surface area contributed by atoms with Crippen LogP contribution in [0.3, 0.4) is 0 Å². The zero-order chi connectivity index (χ0) is 5.86. The van der Waals surface area contributed by atoms with Gasteiger partial charge in [0.05, 0.1) is 0 Å². The molecule has 0 aliphatic carbocycles. The van der Waals surface area contributed by atoms with Gasteiger partial charge in [0.15, 0.2) is 0 Å². The molecule has 0 rings (SSSR count). The van der Waals surface area contributed by atoms with Gasteiger partial charge in [0.1, 0.15) is 0 Å². The molecule has 42 valence electrons. The molecule has 8 heteroatoms. The topological polar surface area (TPSA) is 83.8 Å². The fourth-order valence-electron chi connectivity index (χ4n) is 0.0747. The van der Waals surface area contributed by atoms with Gasteiger partial charge in [-0.1, -0.05) is 0 Å². The van der Waals surface area contributed by atoms with Crippen LogP contribution in [-0.4, -0.2) is 79.3 Å². The summed E-state index contributed by atoms with van der Waals surface area (Å²) in [6.45, 7) is 0. The molecule has 0 saturated heterocycles. The van der Waals surface area contributed by atoms with Crippen LogP contribution in [0.4, 0.5) is 0 Å². The molecule has 5 nitrogen and oxygen atoms in total. The van der Waals surface area contributed by atoms with Crippen molar-refractivity contribution < 1.29 is 22.6 Å². The van der Waals surface area contributed by atoms with Crippen LogP contribution in [0.5, 0.6) is 0 Å². The summed E-state index contributed by atoms with van der Waals surface area (Å²) in [5.74, 6) is 0. The maximum absolute atomic E-state index is 9.44. The van der Waals surface area contributed by atoms with Crippen molar-refractivity contribution in [3.05, 3.63) is 0 Å². The number of hydrogen-bond donors (Lipinski definition) is 2. The van der Waals surface area contributed by atoms with Gasteiger partial charge in [0.2, 0.25) is 0 Å². The normalized spacial score (nSPS) is 6.50. The van der Waals surface area contributed by atoms with Crippen LogP contribution in [0.2, 0.25) is 0 Å². The van der Waals surface area contributed by atoms with Crippen molar-refractivity contribution in [1.29, 1.82) is 0 Å². The second kappa shape index (κ2) is 6.19. The van der Waals surface area contributed by atoms with E-state index in [1.165, 1.54) is 0 Å². The molecule has 0 amide bonds. The zero-order valence-electron chi connectivity index (χ0n) is 3.12. The molecule has 0 aromatic heterocycles. The minimum absolute atomic E-state index is 0. The first-order valence-corrected chi connectivity index (χ1v) is 3.79. The molecular formula is H3KO5Si2. The molecule has 2 N–H and O–H groups in total. The molecule has 0 heterocycles. The first-order valence-electron chi connectivity index (χ1n) is 1.26. The van der Waals surface area contributed by atoms with Crippen molar-refractivity contribution in [3.8, 4) is 0 Å². The molecule has 0 saturated carbocycles. The average molecular weight is 178 g/mol. The van der Waals surface area contributed by atoms with Crippen molar-refractivity contribution >= 4 is 69.7 Å². The van der Waals surface area contributed by atoms with Gasteiger partial charge in [0, 0.05) is 0 Å². The Kier molecular flexibility index (Phi) is 9.15. The van der Waals surface area contributed by atoms with E-state index in [9.17, 15) is 8.92 Å². The van der Waals surface area contributed by atoms with Crippen molar-refractivity contribution in [2.45, 2.75) is 0 Å². The van der Waals surface area contributed by atoms with Gasteiger partial charge in [0.25, 0.3) is 0 Å². The molecule has 0 spiro atoms. The quantitative estimate of drug-likeness (QED) is 0.445. The standard InChI is InChI=1S/K.H2O5Si2.H/c;1-6(2)5-7(3)4;/h;1,3H;. The number of hydrogen-bond acceptors (Lipinski definition) is 3. The van der Waals surface area contributed by atoms with E-state index in [0.717, 1.165) is 0 Å². The van der Waals surface area contributed by atoms with Gasteiger partial charge >= 0.3 is 69.7 Å². The third-order valence-electron chi connectivity index (χ3n) is 0.175. The van der Waals surface area contributed by atoms with Crippen molar-refractivity contribution in [2.24, 2.45) is 0 Å². The van der Waals surface area contributed by atoms with Crippen molar-refractivity contribution in [3.63, 3.8) is 0 Å². The van der Waals surface area contributed by atoms with Gasteiger partial charge in [-0.25, -0.2) is 0 Å². The summed E-state index contributed by atoms with van der Waals surface area (Å²) in [6.07, 6.45) is 0. The molecule has 8 heavy (non-hydrogen) atoms. The molecular weight excluding hydrogens is 175 g/mol. The van der Waals surface area contributed by atoms with Crippen LogP contribution in [0.1, 0.15) is 0 Å². The minimum atomic E-state index is -3.20. The second-order valence-corrected chi connectivity index (χ2v) is 2.51. The predicted molar refractivity (Wildman–Crippen MR) is 25.6 cm³/mol. The van der Waals surface area contributed by atoms with Crippen LogP contribution in [0.25, 0.3) is 0 Å². The molecule has 0 aliphatic heterocycles. The van der Waals surface area contributed by atoms with E-state index in [1.807, 2.05) is 0 Å². The Bertz CT molecular complexity index is 86.6. The summed E-state index contributed by atoms with van der Waals surface area (Å²) < 4.78 is 22.3. The number of rotatable bonds is 2. The van der Waals surface area contributed by atoms with Crippen LogP contribution in [0.15, 0.2) is 0 Å². The van der Waals surface area contributed by atoms with Gasteiger partial charge < -0.3 is 13.7 Å². The van der Waals surface area contributed by atoms with E-state index >= 15 is 0 Å².